The summed E-state index contributed by atoms with van der Waals surface area (Å²) in [6, 6.07) is 0. The number of carboxylic acids is 1. The number of rotatable bonds is 6. The molecule has 0 heterocycles. The number of carbonyl (C=O) groups excluding carboxylic acids is 4. The van der Waals surface area contributed by atoms with Crippen LogP contribution in [0.15, 0.2) is 35.5 Å². The lowest BCUT2D eigenvalue weighted by Gasteiger charge is -2.61. The van der Waals surface area contributed by atoms with Crippen molar-refractivity contribution in [3.05, 3.63) is 35.5 Å². The highest BCUT2D eigenvalue weighted by molar-refractivity contribution is 6.01. The molecule has 4 N–H and O–H groups in total. The highest BCUT2D eigenvalue weighted by Crippen LogP contribution is 2.71. The zero-order valence-electron chi connectivity index (χ0n) is 34.5. The SMILES string of the molecule is CCCC(=O)O[C@]1(C(=O)CO)CCC2C3CCC4=CC(=O)CC[C@]4(C)C3[C@@H](O)C[C@@]21C.C[C@@H]1C[C@H]2[C@@H]3CCC4=CC(=O)C=C[C@]4(C)[C@@]3(F)[C@@H](O)C[C@]2(C)[C@H]1C(=O)O. The predicted molar refractivity (Wildman–Crippen MR) is 208 cm³/mol. The van der Waals surface area contributed by atoms with Gasteiger partial charge in [-0.3, -0.25) is 24.0 Å². The molecule has 0 radical (unpaired) electrons. The van der Waals surface area contributed by atoms with E-state index in [1.807, 2.05) is 27.7 Å². The third-order valence-electron chi connectivity index (χ3n) is 17.6. The number of carbonyl (C=O) groups is 5. The van der Waals surface area contributed by atoms with Crippen LogP contribution >= 0.6 is 0 Å². The first-order valence-corrected chi connectivity index (χ1v) is 21.5. The number of aliphatic hydroxyl groups is 3. The van der Waals surface area contributed by atoms with Crippen molar-refractivity contribution in [1.29, 1.82) is 0 Å². The van der Waals surface area contributed by atoms with Crippen molar-refractivity contribution in [2.24, 2.45) is 63.1 Å². The summed E-state index contributed by atoms with van der Waals surface area (Å²) in [5.41, 5.74) is -3.84. The number of aliphatic hydroxyl groups excluding tert-OH is 3. The molecule has 0 aromatic heterocycles. The Kier molecular flexibility index (Phi) is 10.6. The molecule has 8 aliphatic carbocycles. The molecule has 3 unspecified atom stereocenters. The van der Waals surface area contributed by atoms with Gasteiger partial charge in [0.1, 0.15) is 6.61 Å². The molecule has 0 bridgehead atoms. The van der Waals surface area contributed by atoms with Crippen LogP contribution < -0.4 is 0 Å². The van der Waals surface area contributed by atoms with Crippen molar-refractivity contribution in [3.8, 4) is 0 Å². The van der Waals surface area contributed by atoms with Gasteiger partial charge in [-0.05, 0) is 136 Å². The van der Waals surface area contributed by atoms with Gasteiger partial charge in [0.2, 0.25) is 5.78 Å². The summed E-state index contributed by atoms with van der Waals surface area (Å²) in [6.45, 7) is 11.0. The number of aliphatic carboxylic acids is 1. The second kappa shape index (κ2) is 14.3. The maximum absolute atomic E-state index is 16.7. The summed E-state index contributed by atoms with van der Waals surface area (Å²) in [4.78, 5) is 61.3. The Bertz CT molecular complexity index is 1820. The number of alkyl halides is 1. The maximum atomic E-state index is 16.7. The fraction of sp³-hybridized carbons (Fsp3) is 0.761. The number of hydrogen-bond acceptors (Lipinski definition) is 9. The number of halogens is 1. The van der Waals surface area contributed by atoms with E-state index in [1.54, 1.807) is 19.1 Å². The smallest absolute Gasteiger partial charge is 0.307 e. The van der Waals surface area contributed by atoms with Crippen LogP contribution in [0.2, 0.25) is 0 Å². The van der Waals surface area contributed by atoms with Crippen molar-refractivity contribution in [2.75, 3.05) is 6.61 Å². The van der Waals surface area contributed by atoms with E-state index < -0.39 is 75.9 Å². The number of ketones is 3. The summed E-state index contributed by atoms with van der Waals surface area (Å²) in [5, 5.41) is 42.1. The minimum atomic E-state index is -1.87. The summed E-state index contributed by atoms with van der Waals surface area (Å²) in [7, 11) is 0. The van der Waals surface area contributed by atoms with Crippen molar-refractivity contribution < 1.29 is 53.5 Å². The van der Waals surface area contributed by atoms with Crippen LogP contribution in [0.5, 0.6) is 0 Å². The topological polar surface area (TPSA) is 176 Å². The Morgan fingerprint density at radius 3 is 2.28 bits per heavy atom. The average molecular weight is 795 g/mol. The standard InChI is InChI=1S/C25H36O6.C21H27FO4/c1-4-5-21(30)31-25(20(29)14-26)11-9-18-17-7-6-15-12-16(27)8-10-23(15,2)22(17)19(28)13-24(18,25)3;1-11-8-15-14-5-4-12-9-13(23)6-7-20(12,3)21(14,22)16(24)10-19(15,2)17(11)18(25)26/h12,17-19,22,26,28H,4-11,13-14H2,1-3H3;6-7,9,11,14-17,24H,4-5,8,10H2,1-3H3,(H,25,26)/t17?,18?,19-,22?,23-,24-,25-;11-,14+,15+,16+,17-,19+,20+,21+/m01/s1. The molecular formula is C46H63FO10. The molecule has 15 atom stereocenters. The van der Waals surface area contributed by atoms with Gasteiger partial charge < -0.3 is 25.2 Å². The van der Waals surface area contributed by atoms with Crippen LogP contribution in [-0.2, 0) is 28.7 Å². The van der Waals surface area contributed by atoms with Crippen LogP contribution in [0.25, 0.3) is 0 Å². The van der Waals surface area contributed by atoms with E-state index in [9.17, 15) is 44.4 Å². The fourth-order valence-electron chi connectivity index (χ4n) is 15.0. The van der Waals surface area contributed by atoms with Gasteiger partial charge in [-0.2, -0.15) is 0 Å². The Morgan fingerprint density at radius 1 is 0.912 bits per heavy atom. The predicted octanol–water partition coefficient (Wildman–Crippen LogP) is 6.44. The van der Waals surface area contributed by atoms with E-state index in [1.165, 1.54) is 12.2 Å². The molecule has 57 heavy (non-hydrogen) atoms. The molecular weight excluding hydrogens is 731 g/mol. The zero-order valence-corrected chi connectivity index (χ0v) is 34.5. The molecule has 10 nitrogen and oxygen atoms in total. The lowest BCUT2D eigenvalue weighted by Crippen LogP contribution is -2.66. The van der Waals surface area contributed by atoms with Gasteiger partial charge in [0.05, 0.1) is 18.1 Å². The Balaban J connectivity index is 0.000000177. The Hall–Kier alpha value is -3.02. The minimum absolute atomic E-state index is 0.0325. The van der Waals surface area contributed by atoms with Crippen LogP contribution in [-0.4, -0.2) is 79.8 Å². The maximum Gasteiger partial charge on any atom is 0.307 e. The molecule has 0 spiro atoms. The van der Waals surface area contributed by atoms with Crippen LogP contribution in [0.3, 0.4) is 0 Å². The van der Waals surface area contributed by atoms with Gasteiger partial charge in [0.15, 0.2) is 22.8 Å². The largest absolute Gasteiger partial charge is 0.481 e. The van der Waals surface area contributed by atoms with Gasteiger partial charge >= 0.3 is 11.9 Å². The van der Waals surface area contributed by atoms with E-state index in [-0.39, 0.29) is 59.4 Å². The van der Waals surface area contributed by atoms with Crippen molar-refractivity contribution in [2.45, 2.75) is 148 Å². The lowest BCUT2D eigenvalue weighted by molar-refractivity contribution is -0.202. The van der Waals surface area contributed by atoms with Crippen molar-refractivity contribution >= 4 is 29.3 Å². The fourth-order valence-corrected chi connectivity index (χ4v) is 15.0. The van der Waals surface area contributed by atoms with E-state index in [4.69, 9.17) is 4.74 Å². The van der Waals surface area contributed by atoms with Gasteiger partial charge in [-0.1, -0.05) is 51.8 Å². The average Bonchev–Trinajstić information content (AvgIpc) is 3.58. The molecule has 0 aromatic rings. The number of ether oxygens (including phenoxy) is 1. The van der Waals surface area contributed by atoms with E-state index in [0.29, 0.717) is 44.9 Å². The second-order valence-corrected chi connectivity index (χ2v) is 20.1. The number of hydrogen-bond donors (Lipinski definition) is 4. The van der Waals surface area contributed by atoms with Crippen LogP contribution in [0.1, 0.15) is 125 Å². The molecule has 0 amide bonds. The molecule has 8 rings (SSSR count). The molecule has 314 valence electrons. The summed E-state index contributed by atoms with van der Waals surface area (Å²) in [6.07, 6.45) is 11.8. The molecule has 6 saturated carbocycles. The van der Waals surface area contributed by atoms with E-state index in [2.05, 4.69) is 6.92 Å². The molecule has 8 aliphatic rings. The monoisotopic (exact) mass is 794 g/mol. The Morgan fingerprint density at radius 2 is 1.61 bits per heavy atom. The number of allylic oxidation sites excluding steroid dienone is 5. The first-order valence-electron chi connectivity index (χ1n) is 21.5. The van der Waals surface area contributed by atoms with E-state index >= 15 is 4.39 Å². The zero-order chi connectivity index (χ0) is 41.7. The Labute approximate surface area is 335 Å². The molecule has 0 saturated heterocycles. The molecule has 0 aliphatic heterocycles. The quantitative estimate of drug-likeness (QED) is 0.219. The van der Waals surface area contributed by atoms with Crippen molar-refractivity contribution in [1.82, 2.24) is 0 Å². The minimum Gasteiger partial charge on any atom is -0.481 e. The molecule has 0 aromatic carbocycles. The number of esters is 1. The third kappa shape index (κ3) is 5.88. The van der Waals surface area contributed by atoms with Gasteiger partial charge in [0, 0.05) is 29.6 Å². The number of carboxylic acid groups (broad SMARTS) is 1. The third-order valence-corrected chi connectivity index (χ3v) is 17.6. The second-order valence-electron chi connectivity index (χ2n) is 20.1. The highest BCUT2D eigenvalue weighted by Gasteiger charge is 2.73. The lowest BCUT2D eigenvalue weighted by atomic mass is 9.45. The van der Waals surface area contributed by atoms with Gasteiger partial charge in [0.25, 0.3) is 0 Å². The molecule has 11 heteroatoms. The van der Waals surface area contributed by atoms with Crippen molar-refractivity contribution in [3.63, 3.8) is 0 Å². The van der Waals surface area contributed by atoms with Gasteiger partial charge in [-0.15, -0.1) is 0 Å². The summed E-state index contributed by atoms with van der Waals surface area (Å²) < 4.78 is 22.6. The van der Waals surface area contributed by atoms with E-state index in [0.717, 1.165) is 36.8 Å². The van der Waals surface area contributed by atoms with Crippen LogP contribution in [0, 0.1) is 63.1 Å². The summed E-state index contributed by atoms with van der Waals surface area (Å²) in [5.74, 6) is -2.36. The van der Waals surface area contributed by atoms with Crippen LogP contribution in [0.4, 0.5) is 4.39 Å². The van der Waals surface area contributed by atoms with Gasteiger partial charge in [-0.25, -0.2) is 4.39 Å². The molecule has 6 fully saturated rings. The number of Topliss-reactive ketones (excluding diaryl/α,β-unsaturated/α-hetero) is 1. The summed E-state index contributed by atoms with van der Waals surface area (Å²) >= 11 is 0. The highest BCUT2D eigenvalue weighted by atomic mass is 19.1. The first kappa shape index (κ1) is 42.1. The normalized spacial score (nSPS) is 48.0. The number of fused-ring (bicyclic) bond motifs is 10. The first-order chi connectivity index (χ1) is 26.7.